The molecule has 0 saturated heterocycles. The van der Waals surface area contributed by atoms with Crippen LogP contribution in [0.3, 0.4) is 0 Å². The average Bonchev–Trinajstić information content (AvgIpc) is 2.05. The Morgan fingerprint density at radius 3 is 2.36 bits per heavy atom. The zero-order valence-corrected chi connectivity index (χ0v) is 6.41. The van der Waals surface area contributed by atoms with Crippen molar-refractivity contribution in [2.45, 2.75) is 0 Å². The Hall–Kier alpha value is -1.35. The van der Waals surface area contributed by atoms with E-state index in [0.29, 0.717) is 5.84 Å². The minimum atomic E-state index is 0.325. The van der Waals surface area contributed by atoms with Crippen LogP contribution in [0.4, 0.5) is 0 Å². The number of hydrazine groups is 1. The molecular weight excluding hydrogens is 138 g/mol. The molecule has 0 amide bonds. The second-order valence-corrected chi connectivity index (χ2v) is 2.33. The second kappa shape index (κ2) is 3.16. The monoisotopic (exact) mass is 149 g/mol. The van der Waals surface area contributed by atoms with E-state index < -0.39 is 0 Å². The first-order valence-electron chi connectivity index (χ1n) is 3.34. The summed E-state index contributed by atoms with van der Waals surface area (Å²) in [7, 11) is 1.65. The van der Waals surface area contributed by atoms with E-state index in [9.17, 15) is 0 Å². The van der Waals surface area contributed by atoms with E-state index in [1.54, 1.807) is 7.05 Å². The maximum Gasteiger partial charge on any atom is 0.142 e. The third-order valence-electron chi connectivity index (χ3n) is 1.40. The molecule has 3 heteroatoms. The summed E-state index contributed by atoms with van der Waals surface area (Å²) >= 11 is 0. The summed E-state index contributed by atoms with van der Waals surface area (Å²) in [5.41, 5.74) is 0.831. The smallest absolute Gasteiger partial charge is 0.142 e. The van der Waals surface area contributed by atoms with Crippen molar-refractivity contribution < 1.29 is 0 Å². The lowest BCUT2D eigenvalue weighted by atomic mass is 10.2. The van der Waals surface area contributed by atoms with Gasteiger partial charge in [-0.2, -0.15) is 0 Å². The first-order chi connectivity index (χ1) is 5.22. The molecule has 0 spiro atoms. The Morgan fingerprint density at radius 2 is 1.91 bits per heavy atom. The molecule has 1 rings (SSSR count). The number of nitrogens with two attached hydrogens (primary N) is 1. The van der Waals surface area contributed by atoms with Gasteiger partial charge in [-0.05, 0) is 0 Å². The van der Waals surface area contributed by atoms with Gasteiger partial charge in [0, 0.05) is 12.6 Å². The van der Waals surface area contributed by atoms with Crippen LogP contribution < -0.4 is 5.84 Å². The quantitative estimate of drug-likeness (QED) is 0.269. The van der Waals surface area contributed by atoms with Crippen LogP contribution in [0.2, 0.25) is 0 Å². The van der Waals surface area contributed by atoms with E-state index >= 15 is 0 Å². The van der Waals surface area contributed by atoms with Gasteiger partial charge in [-0.1, -0.05) is 30.3 Å². The molecule has 58 valence electrons. The van der Waals surface area contributed by atoms with Crippen LogP contribution in [0, 0.1) is 5.41 Å². The van der Waals surface area contributed by atoms with Crippen LogP contribution in [-0.4, -0.2) is 17.9 Å². The Bertz CT molecular complexity index is 241. The molecule has 0 saturated carbocycles. The van der Waals surface area contributed by atoms with Gasteiger partial charge in [-0.15, -0.1) is 0 Å². The highest BCUT2D eigenvalue weighted by Crippen LogP contribution is 1.99. The second-order valence-electron chi connectivity index (χ2n) is 2.33. The highest BCUT2D eigenvalue weighted by atomic mass is 15.4. The molecular formula is C8H11N3. The zero-order chi connectivity index (χ0) is 8.27. The highest BCUT2D eigenvalue weighted by molar-refractivity contribution is 5.95. The van der Waals surface area contributed by atoms with E-state index in [0.717, 1.165) is 5.56 Å². The fourth-order valence-corrected chi connectivity index (χ4v) is 0.800. The average molecular weight is 149 g/mol. The zero-order valence-electron chi connectivity index (χ0n) is 6.41. The lowest BCUT2D eigenvalue weighted by molar-refractivity contribution is 0.536. The minimum absolute atomic E-state index is 0.325. The fraction of sp³-hybridized carbons (Fsp3) is 0.125. The highest BCUT2D eigenvalue weighted by Gasteiger charge is 2.00. The Morgan fingerprint density at radius 1 is 1.36 bits per heavy atom. The number of hydrogen-bond donors (Lipinski definition) is 2. The predicted octanol–water partition coefficient (Wildman–Crippen LogP) is 0.817. The summed E-state index contributed by atoms with van der Waals surface area (Å²) in [6.45, 7) is 0. The van der Waals surface area contributed by atoms with E-state index in [4.69, 9.17) is 11.3 Å². The first kappa shape index (κ1) is 7.75. The fourth-order valence-electron chi connectivity index (χ4n) is 0.800. The molecule has 3 N–H and O–H groups in total. The minimum Gasteiger partial charge on any atom is -0.298 e. The van der Waals surface area contributed by atoms with Crippen molar-refractivity contribution >= 4 is 5.84 Å². The van der Waals surface area contributed by atoms with Gasteiger partial charge in [0.15, 0.2) is 0 Å². The van der Waals surface area contributed by atoms with Crippen molar-refractivity contribution in [3.05, 3.63) is 35.9 Å². The number of hydrogen-bond acceptors (Lipinski definition) is 2. The van der Waals surface area contributed by atoms with E-state index in [-0.39, 0.29) is 0 Å². The number of amidine groups is 1. The standard InChI is InChI=1S/C8H11N3/c1-11(10)8(9)7-5-3-2-4-6-7/h2-6,9H,10H2,1H3. The van der Waals surface area contributed by atoms with Crippen LogP contribution in [-0.2, 0) is 0 Å². The largest absolute Gasteiger partial charge is 0.298 e. The van der Waals surface area contributed by atoms with E-state index in [2.05, 4.69) is 0 Å². The van der Waals surface area contributed by atoms with Crippen LogP contribution >= 0.6 is 0 Å². The number of benzene rings is 1. The predicted molar refractivity (Wildman–Crippen MR) is 45.2 cm³/mol. The summed E-state index contributed by atoms with van der Waals surface area (Å²) in [6.07, 6.45) is 0. The summed E-state index contributed by atoms with van der Waals surface area (Å²) in [4.78, 5) is 0. The summed E-state index contributed by atoms with van der Waals surface area (Å²) in [5, 5.41) is 8.77. The van der Waals surface area contributed by atoms with Gasteiger partial charge in [0.1, 0.15) is 5.84 Å². The Balaban J connectivity index is 2.86. The van der Waals surface area contributed by atoms with Crippen molar-refractivity contribution in [3.8, 4) is 0 Å². The SMILES string of the molecule is CN(N)C(=N)c1ccccc1. The van der Waals surface area contributed by atoms with Crippen molar-refractivity contribution in [1.82, 2.24) is 5.01 Å². The summed E-state index contributed by atoms with van der Waals surface area (Å²) in [5.74, 6) is 5.70. The maximum absolute atomic E-state index is 7.49. The molecule has 0 radical (unpaired) electrons. The van der Waals surface area contributed by atoms with E-state index in [1.165, 1.54) is 5.01 Å². The molecule has 0 aliphatic carbocycles. The molecule has 0 fully saturated rings. The number of nitrogens with one attached hydrogen (secondary N) is 1. The van der Waals surface area contributed by atoms with Gasteiger partial charge in [0.2, 0.25) is 0 Å². The molecule has 1 aromatic carbocycles. The van der Waals surface area contributed by atoms with Crippen LogP contribution in [0.25, 0.3) is 0 Å². The maximum atomic E-state index is 7.49. The number of rotatable bonds is 1. The van der Waals surface area contributed by atoms with Gasteiger partial charge in [0.05, 0.1) is 0 Å². The Labute approximate surface area is 65.9 Å². The van der Waals surface area contributed by atoms with E-state index in [1.807, 2.05) is 30.3 Å². The molecule has 0 aliphatic rings. The van der Waals surface area contributed by atoms with Crippen LogP contribution in [0.5, 0.6) is 0 Å². The van der Waals surface area contributed by atoms with Crippen molar-refractivity contribution in [3.63, 3.8) is 0 Å². The van der Waals surface area contributed by atoms with Crippen molar-refractivity contribution in [2.75, 3.05) is 7.05 Å². The van der Waals surface area contributed by atoms with Crippen LogP contribution in [0.1, 0.15) is 5.56 Å². The lowest BCUT2D eigenvalue weighted by Crippen LogP contribution is -2.32. The Kier molecular flexibility index (Phi) is 2.23. The van der Waals surface area contributed by atoms with Crippen LogP contribution in [0.15, 0.2) is 30.3 Å². The van der Waals surface area contributed by atoms with Gasteiger partial charge < -0.3 is 0 Å². The summed E-state index contributed by atoms with van der Waals surface area (Å²) < 4.78 is 0. The third-order valence-corrected chi connectivity index (χ3v) is 1.40. The topological polar surface area (TPSA) is 53.1 Å². The summed E-state index contributed by atoms with van der Waals surface area (Å²) in [6, 6.07) is 9.38. The molecule has 11 heavy (non-hydrogen) atoms. The molecule has 0 bridgehead atoms. The molecule has 1 aromatic rings. The normalized spacial score (nSPS) is 9.27. The lowest BCUT2D eigenvalue weighted by Gasteiger charge is -2.12. The van der Waals surface area contributed by atoms with Gasteiger partial charge in [0.25, 0.3) is 0 Å². The van der Waals surface area contributed by atoms with Gasteiger partial charge in [-0.25, -0.2) is 5.84 Å². The first-order valence-corrected chi connectivity index (χ1v) is 3.34. The molecule has 0 unspecified atom stereocenters. The molecule has 0 aromatic heterocycles. The molecule has 3 nitrogen and oxygen atoms in total. The van der Waals surface area contributed by atoms with Crippen molar-refractivity contribution in [1.29, 1.82) is 5.41 Å². The van der Waals surface area contributed by atoms with Gasteiger partial charge >= 0.3 is 0 Å². The molecule has 0 atom stereocenters. The van der Waals surface area contributed by atoms with Gasteiger partial charge in [-0.3, -0.25) is 10.4 Å². The third kappa shape index (κ3) is 1.78. The molecule has 0 aliphatic heterocycles. The van der Waals surface area contributed by atoms with Crippen molar-refractivity contribution in [2.24, 2.45) is 5.84 Å². The molecule has 0 heterocycles. The number of nitrogens with zero attached hydrogens (tertiary/aromatic N) is 1.